The van der Waals surface area contributed by atoms with E-state index in [1.54, 1.807) is 25.1 Å². The Kier molecular flexibility index (Phi) is 4.28. The third-order valence-electron chi connectivity index (χ3n) is 2.99. The molecule has 0 fully saturated rings. The summed E-state index contributed by atoms with van der Waals surface area (Å²) in [5.41, 5.74) is 1.02. The number of thiophene rings is 1. The van der Waals surface area contributed by atoms with Gasteiger partial charge in [0.2, 0.25) is 0 Å². The van der Waals surface area contributed by atoms with E-state index in [1.165, 1.54) is 17.4 Å². The summed E-state index contributed by atoms with van der Waals surface area (Å²) >= 11 is 1.23. The number of anilines is 1. The molecular weight excluding hydrogens is 290 g/mol. The number of hydrogen-bond donors (Lipinski definition) is 3. The van der Waals surface area contributed by atoms with E-state index >= 15 is 0 Å². The maximum Gasteiger partial charge on any atom is 0.338 e. The minimum absolute atomic E-state index is 0.0670. The Morgan fingerprint density at radius 1 is 1.24 bits per heavy atom. The highest BCUT2D eigenvalue weighted by Crippen LogP contribution is 2.30. The lowest BCUT2D eigenvalue weighted by molar-refractivity contribution is 0.0698. The van der Waals surface area contributed by atoms with Gasteiger partial charge in [0.05, 0.1) is 11.1 Å². The van der Waals surface area contributed by atoms with Crippen LogP contribution < -0.4 is 5.32 Å². The number of phenols is 1. The molecule has 1 amide bonds. The lowest BCUT2D eigenvalue weighted by Crippen LogP contribution is -2.13. The van der Waals surface area contributed by atoms with Crippen molar-refractivity contribution in [2.45, 2.75) is 20.3 Å². The maximum absolute atomic E-state index is 12.2. The number of rotatable bonds is 4. The zero-order valence-electron chi connectivity index (χ0n) is 11.6. The van der Waals surface area contributed by atoms with Crippen LogP contribution in [0.5, 0.6) is 5.75 Å². The summed E-state index contributed by atoms with van der Waals surface area (Å²) < 4.78 is 0. The third kappa shape index (κ3) is 3.22. The highest BCUT2D eigenvalue weighted by Gasteiger charge is 2.19. The molecule has 1 aromatic heterocycles. The average Bonchev–Trinajstić information content (AvgIpc) is 2.84. The molecule has 2 aromatic rings. The Morgan fingerprint density at radius 3 is 2.57 bits per heavy atom. The van der Waals surface area contributed by atoms with Crippen LogP contribution in [0.2, 0.25) is 0 Å². The standard InChI is InChI=1S/C15H15NO4S/c1-3-9-7-11(15(19)20)14(21-9)16-13(18)10-6-8(2)4-5-12(10)17/h4-7,17H,3H2,1-2H3,(H,16,18)(H,19,20). The van der Waals surface area contributed by atoms with Crippen LogP contribution in [0.1, 0.15) is 38.1 Å². The Bertz CT molecular complexity index is 706. The predicted octanol–water partition coefficient (Wildman–Crippen LogP) is 3.28. The fourth-order valence-electron chi connectivity index (χ4n) is 1.87. The van der Waals surface area contributed by atoms with Crippen LogP contribution >= 0.6 is 11.3 Å². The van der Waals surface area contributed by atoms with E-state index in [9.17, 15) is 14.7 Å². The minimum Gasteiger partial charge on any atom is -0.507 e. The summed E-state index contributed by atoms with van der Waals surface area (Å²) in [6.07, 6.45) is 0.691. The molecule has 5 nitrogen and oxygen atoms in total. The number of hydrogen-bond acceptors (Lipinski definition) is 4. The second kappa shape index (κ2) is 5.97. The van der Waals surface area contributed by atoms with Gasteiger partial charge in [0.1, 0.15) is 10.8 Å². The van der Waals surface area contributed by atoms with Crippen molar-refractivity contribution in [3.63, 3.8) is 0 Å². The van der Waals surface area contributed by atoms with E-state index in [-0.39, 0.29) is 21.9 Å². The summed E-state index contributed by atoms with van der Waals surface area (Å²) in [6.45, 7) is 3.72. The van der Waals surface area contributed by atoms with Gasteiger partial charge in [0.15, 0.2) is 0 Å². The fourth-order valence-corrected chi connectivity index (χ4v) is 2.85. The van der Waals surface area contributed by atoms with E-state index in [1.807, 2.05) is 6.92 Å². The molecule has 2 rings (SSSR count). The second-order valence-corrected chi connectivity index (χ2v) is 5.73. The molecule has 0 spiro atoms. The molecule has 0 saturated heterocycles. The normalized spacial score (nSPS) is 10.4. The van der Waals surface area contributed by atoms with Crippen LogP contribution in [0.25, 0.3) is 0 Å². The molecule has 0 radical (unpaired) electrons. The zero-order valence-corrected chi connectivity index (χ0v) is 12.5. The smallest absolute Gasteiger partial charge is 0.338 e. The number of phenolic OH excluding ortho intramolecular Hbond substituents is 1. The molecule has 3 N–H and O–H groups in total. The van der Waals surface area contributed by atoms with E-state index in [0.717, 1.165) is 10.4 Å². The average molecular weight is 305 g/mol. The molecule has 21 heavy (non-hydrogen) atoms. The van der Waals surface area contributed by atoms with Gasteiger partial charge in [-0.25, -0.2) is 4.79 Å². The van der Waals surface area contributed by atoms with E-state index in [2.05, 4.69) is 5.32 Å². The van der Waals surface area contributed by atoms with Crippen molar-refractivity contribution >= 4 is 28.2 Å². The summed E-state index contributed by atoms with van der Waals surface area (Å²) in [5, 5.41) is 21.8. The summed E-state index contributed by atoms with van der Waals surface area (Å²) in [5.74, 6) is -1.75. The van der Waals surface area contributed by atoms with Crippen LogP contribution in [-0.2, 0) is 6.42 Å². The Hall–Kier alpha value is -2.34. The summed E-state index contributed by atoms with van der Waals surface area (Å²) in [7, 11) is 0. The maximum atomic E-state index is 12.2. The number of aryl methyl sites for hydroxylation is 2. The van der Waals surface area contributed by atoms with E-state index in [0.29, 0.717) is 6.42 Å². The minimum atomic E-state index is -1.09. The first-order valence-electron chi connectivity index (χ1n) is 6.39. The Morgan fingerprint density at radius 2 is 1.95 bits per heavy atom. The van der Waals surface area contributed by atoms with Crippen molar-refractivity contribution in [3.05, 3.63) is 45.8 Å². The van der Waals surface area contributed by atoms with Gasteiger partial charge in [0.25, 0.3) is 5.91 Å². The summed E-state index contributed by atoms with van der Waals surface area (Å²) in [4.78, 5) is 24.3. The Labute approximate surface area is 125 Å². The lowest BCUT2D eigenvalue weighted by Gasteiger charge is -2.07. The van der Waals surface area contributed by atoms with Crippen molar-refractivity contribution in [3.8, 4) is 5.75 Å². The molecule has 0 saturated carbocycles. The number of amides is 1. The fraction of sp³-hybridized carbons (Fsp3) is 0.200. The van der Waals surface area contributed by atoms with Crippen LogP contribution in [0.4, 0.5) is 5.00 Å². The van der Waals surface area contributed by atoms with Gasteiger partial charge in [0, 0.05) is 4.88 Å². The van der Waals surface area contributed by atoms with Gasteiger partial charge in [-0.2, -0.15) is 0 Å². The molecule has 0 unspecified atom stereocenters. The van der Waals surface area contributed by atoms with Crippen molar-refractivity contribution in [2.75, 3.05) is 5.32 Å². The number of carbonyl (C=O) groups is 2. The van der Waals surface area contributed by atoms with Crippen LogP contribution in [0.3, 0.4) is 0 Å². The van der Waals surface area contributed by atoms with Gasteiger partial charge in [-0.15, -0.1) is 11.3 Å². The van der Waals surface area contributed by atoms with Gasteiger partial charge < -0.3 is 15.5 Å². The van der Waals surface area contributed by atoms with E-state index < -0.39 is 11.9 Å². The molecular formula is C15H15NO4S. The number of nitrogens with one attached hydrogen (secondary N) is 1. The van der Waals surface area contributed by atoms with Gasteiger partial charge in [-0.05, 0) is 31.5 Å². The summed E-state index contributed by atoms with van der Waals surface area (Å²) in [6, 6.07) is 6.24. The molecule has 0 aliphatic rings. The van der Waals surface area contributed by atoms with Crippen molar-refractivity contribution in [1.82, 2.24) is 0 Å². The number of aromatic hydroxyl groups is 1. The quantitative estimate of drug-likeness (QED) is 0.809. The molecule has 1 heterocycles. The number of benzene rings is 1. The van der Waals surface area contributed by atoms with Gasteiger partial charge in [-0.3, -0.25) is 4.79 Å². The second-order valence-electron chi connectivity index (χ2n) is 4.59. The molecule has 6 heteroatoms. The SMILES string of the molecule is CCc1cc(C(=O)O)c(NC(=O)c2cc(C)ccc2O)s1. The van der Waals surface area contributed by atoms with Gasteiger partial charge in [-0.1, -0.05) is 18.6 Å². The zero-order chi connectivity index (χ0) is 15.6. The van der Waals surface area contributed by atoms with Crippen LogP contribution in [0.15, 0.2) is 24.3 Å². The van der Waals surface area contributed by atoms with Crippen LogP contribution in [0, 0.1) is 6.92 Å². The monoisotopic (exact) mass is 305 g/mol. The number of carboxylic acids is 1. The number of aromatic carboxylic acids is 1. The topological polar surface area (TPSA) is 86.6 Å². The third-order valence-corrected chi connectivity index (χ3v) is 4.18. The first-order chi connectivity index (χ1) is 9.92. The predicted molar refractivity (Wildman–Crippen MR) is 81.5 cm³/mol. The number of carbonyl (C=O) groups excluding carboxylic acids is 1. The largest absolute Gasteiger partial charge is 0.507 e. The van der Waals surface area contributed by atoms with Crippen molar-refractivity contribution in [1.29, 1.82) is 0 Å². The lowest BCUT2D eigenvalue weighted by atomic mass is 10.1. The highest BCUT2D eigenvalue weighted by atomic mass is 32.1. The van der Waals surface area contributed by atoms with Gasteiger partial charge >= 0.3 is 5.97 Å². The van der Waals surface area contributed by atoms with Crippen LogP contribution in [-0.4, -0.2) is 22.1 Å². The molecule has 0 aliphatic heterocycles. The molecule has 0 aliphatic carbocycles. The van der Waals surface area contributed by atoms with Crippen molar-refractivity contribution < 1.29 is 19.8 Å². The first kappa shape index (κ1) is 15.1. The highest BCUT2D eigenvalue weighted by molar-refractivity contribution is 7.16. The molecule has 110 valence electrons. The van der Waals surface area contributed by atoms with Crippen molar-refractivity contribution in [2.24, 2.45) is 0 Å². The molecule has 0 bridgehead atoms. The van der Waals surface area contributed by atoms with E-state index in [4.69, 9.17) is 5.11 Å². The number of carboxylic acid groups (broad SMARTS) is 1. The molecule has 1 aromatic carbocycles. The first-order valence-corrected chi connectivity index (χ1v) is 7.21. The molecule has 0 atom stereocenters. The Balaban J connectivity index is 2.33.